The molecular weight excluding hydrogens is 298 g/mol. The van der Waals surface area contributed by atoms with Gasteiger partial charge in [-0.25, -0.2) is 9.69 Å². The summed E-state index contributed by atoms with van der Waals surface area (Å²) in [6.45, 7) is 3.79. The summed E-state index contributed by atoms with van der Waals surface area (Å²) in [4.78, 5) is 37.6. The summed E-state index contributed by atoms with van der Waals surface area (Å²) in [5, 5.41) is 2.60. The van der Waals surface area contributed by atoms with Crippen LogP contribution in [0.5, 0.6) is 5.75 Å². The minimum atomic E-state index is -0.956. The molecule has 7 heteroatoms. The van der Waals surface area contributed by atoms with Gasteiger partial charge in [-0.15, -0.1) is 0 Å². The summed E-state index contributed by atoms with van der Waals surface area (Å²) >= 11 is 0. The maximum absolute atomic E-state index is 12.7. The maximum atomic E-state index is 12.7. The Hall–Kier alpha value is -2.57. The minimum Gasteiger partial charge on any atom is -0.496 e. The molecule has 1 aromatic carbocycles. The van der Waals surface area contributed by atoms with E-state index in [1.165, 1.54) is 7.11 Å². The number of benzene rings is 1. The van der Waals surface area contributed by atoms with E-state index in [0.29, 0.717) is 17.7 Å². The lowest BCUT2D eigenvalue weighted by atomic mass is 10.0. The molecule has 0 radical (unpaired) electrons. The highest BCUT2D eigenvalue weighted by Gasteiger charge is 2.45. The molecule has 1 heterocycles. The zero-order chi connectivity index (χ0) is 17.1. The quantitative estimate of drug-likeness (QED) is 0.769. The largest absolute Gasteiger partial charge is 0.496 e. The number of para-hydroxylation sites is 1. The van der Waals surface area contributed by atoms with Crippen molar-refractivity contribution in [1.82, 2.24) is 10.2 Å². The summed E-state index contributed by atoms with van der Waals surface area (Å²) in [7, 11) is 1.49. The summed E-state index contributed by atoms with van der Waals surface area (Å²) < 4.78 is 5.24. The number of carbonyl (C=O) groups is 3. The van der Waals surface area contributed by atoms with Gasteiger partial charge in [0.25, 0.3) is 5.91 Å². The van der Waals surface area contributed by atoms with E-state index in [1.54, 1.807) is 24.3 Å². The number of urea groups is 1. The number of nitrogens with one attached hydrogen (secondary N) is 1. The fourth-order valence-electron chi connectivity index (χ4n) is 2.70. The van der Waals surface area contributed by atoms with Gasteiger partial charge in [0.15, 0.2) is 0 Å². The van der Waals surface area contributed by atoms with Crippen LogP contribution in [-0.2, 0) is 9.59 Å². The van der Waals surface area contributed by atoms with Crippen LogP contribution in [0.15, 0.2) is 24.3 Å². The van der Waals surface area contributed by atoms with Crippen molar-refractivity contribution in [3.8, 4) is 5.75 Å². The molecule has 4 amide bonds. The third-order valence-electron chi connectivity index (χ3n) is 3.76. The van der Waals surface area contributed by atoms with Crippen LogP contribution in [0.1, 0.15) is 31.9 Å². The molecule has 2 atom stereocenters. The van der Waals surface area contributed by atoms with E-state index >= 15 is 0 Å². The number of imide groups is 1. The first-order valence-electron chi connectivity index (χ1n) is 7.42. The second kappa shape index (κ2) is 6.68. The first-order chi connectivity index (χ1) is 10.9. The van der Waals surface area contributed by atoms with Crippen molar-refractivity contribution in [2.45, 2.75) is 32.4 Å². The van der Waals surface area contributed by atoms with Crippen LogP contribution in [-0.4, -0.2) is 35.9 Å². The lowest BCUT2D eigenvalue weighted by Gasteiger charge is -2.24. The lowest BCUT2D eigenvalue weighted by molar-refractivity contribution is -0.135. The highest BCUT2D eigenvalue weighted by molar-refractivity contribution is 6.07. The fourth-order valence-corrected chi connectivity index (χ4v) is 2.70. The summed E-state index contributed by atoms with van der Waals surface area (Å²) in [6, 6.07) is 4.47. The van der Waals surface area contributed by atoms with Crippen molar-refractivity contribution in [2.75, 3.05) is 7.11 Å². The summed E-state index contributed by atoms with van der Waals surface area (Å²) in [5.74, 6) is -0.585. The van der Waals surface area contributed by atoms with E-state index < -0.39 is 29.9 Å². The second-order valence-electron chi connectivity index (χ2n) is 5.88. The van der Waals surface area contributed by atoms with Gasteiger partial charge >= 0.3 is 6.03 Å². The van der Waals surface area contributed by atoms with E-state index in [2.05, 4.69) is 5.32 Å². The Morgan fingerprint density at radius 1 is 1.35 bits per heavy atom. The van der Waals surface area contributed by atoms with E-state index in [-0.39, 0.29) is 5.92 Å². The monoisotopic (exact) mass is 319 g/mol. The first-order valence-corrected chi connectivity index (χ1v) is 7.42. The van der Waals surface area contributed by atoms with E-state index in [1.807, 2.05) is 13.8 Å². The number of primary amides is 1. The van der Waals surface area contributed by atoms with Crippen molar-refractivity contribution in [2.24, 2.45) is 11.7 Å². The zero-order valence-electron chi connectivity index (χ0n) is 13.4. The van der Waals surface area contributed by atoms with Crippen molar-refractivity contribution >= 4 is 17.8 Å². The normalized spacial score (nSPS) is 19.0. The highest BCUT2D eigenvalue weighted by Crippen LogP contribution is 2.31. The SMILES string of the molecule is COc1ccccc1C1NC(=O)N([C@@H](CC(C)C)C(N)=O)C1=O. The molecular formula is C16H21N3O4. The number of rotatable bonds is 6. The van der Waals surface area contributed by atoms with Crippen LogP contribution < -0.4 is 15.8 Å². The predicted octanol–water partition coefficient (Wildman–Crippen LogP) is 1.19. The number of ether oxygens (including phenoxy) is 1. The van der Waals surface area contributed by atoms with E-state index in [4.69, 9.17) is 10.5 Å². The van der Waals surface area contributed by atoms with Crippen LogP contribution in [0.25, 0.3) is 0 Å². The second-order valence-corrected chi connectivity index (χ2v) is 5.88. The molecule has 1 unspecified atom stereocenters. The molecule has 0 spiro atoms. The van der Waals surface area contributed by atoms with Gasteiger partial charge in [0.05, 0.1) is 7.11 Å². The van der Waals surface area contributed by atoms with Crippen molar-refractivity contribution < 1.29 is 19.1 Å². The van der Waals surface area contributed by atoms with Crippen LogP contribution in [0.4, 0.5) is 4.79 Å². The molecule has 7 nitrogen and oxygen atoms in total. The van der Waals surface area contributed by atoms with Crippen LogP contribution >= 0.6 is 0 Å². The number of nitrogens with two attached hydrogens (primary N) is 1. The van der Waals surface area contributed by atoms with Crippen molar-refractivity contribution in [3.63, 3.8) is 0 Å². The first kappa shape index (κ1) is 16.8. The van der Waals surface area contributed by atoms with Gasteiger partial charge in [0, 0.05) is 5.56 Å². The van der Waals surface area contributed by atoms with Gasteiger partial charge in [-0.3, -0.25) is 9.59 Å². The molecule has 124 valence electrons. The Kier molecular flexibility index (Phi) is 4.88. The molecule has 0 saturated carbocycles. The van der Waals surface area contributed by atoms with Crippen molar-refractivity contribution in [1.29, 1.82) is 0 Å². The Morgan fingerprint density at radius 2 is 2.00 bits per heavy atom. The molecule has 3 N–H and O–H groups in total. The van der Waals surface area contributed by atoms with Gasteiger partial charge < -0.3 is 15.8 Å². The number of hydrogen-bond acceptors (Lipinski definition) is 4. The smallest absolute Gasteiger partial charge is 0.325 e. The molecule has 0 aromatic heterocycles. The van der Waals surface area contributed by atoms with Crippen LogP contribution in [0, 0.1) is 5.92 Å². The number of nitrogens with zero attached hydrogens (tertiary/aromatic N) is 1. The van der Waals surface area contributed by atoms with Gasteiger partial charge in [-0.1, -0.05) is 32.0 Å². The van der Waals surface area contributed by atoms with Gasteiger partial charge in [-0.05, 0) is 18.4 Å². The molecule has 1 saturated heterocycles. The third-order valence-corrected chi connectivity index (χ3v) is 3.76. The van der Waals surface area contributed by atoms with Crippen molar-refractivity contribution in [3.05, 3.63) is 29.8 Å². The van der Waals surface area contributed by atoms with Gasteiger partial charge in [0.2, 0.25) is 5.91 Å². The topological polar surface area (TPSA) is 102 Å². The van der Waals surface area contributed by atoms with Gasteiger partial charge in [-0.2, -0.15) is 0 Å². The number of carbonyl (C=O) groups excluding carboxylic acids is 3. The molecule has 2 rings (SSSR count). The fraction of sp³-hybridized carbons (Fsp3) is 0.438. The van der Waals surface area contributed by atoms with Gasteiger partial charge in [0.1, 0.15) is 17.8 Å². The Bertz CT molecular complexity index is 630. The number of hydrogen-bond donors (Lipinski definition) is 2. The lowest BCUT2D eigenvalue weighted by Crippen LogP contribution is -2.48. The molecule has 1 aromatic rings. The molecule has 0 aliphatic carbocycles. The molecule has 1 aliphatic heterocycles. The average molecular weight is 319 g/mol. The number of methoxy groups -OCH3 is 1. The van der Waals surface area contributed by atoms with Crippen LogP contribution in [0.2, 0.25) is 0 Å². The predicted molar refractivity (Wildman–Crippen MR) is 83.6 cm³/mol. The minimum absolute atomic E-state index is 0.110. The summed E-state index contributed by atoms with van der Waals surface area (Å²) in [6.07, 6.45) is 0.327. The number of amides is 4. The van der Waals surface area contributed by atoms with E-state index in [0.717, 1.165) is 4.90 Å². The third kappa shape index (κ3) is 3.28. The summed E-state index contributed by atoms with van der Waals surface area (Å²) in [5.41, 5.74) is 5.94. The molecule has 23 heavy (non-hydrogen) atoms. The molecule has 1 aliphatic rings. The van der Waals surface area contributed by atoms with E-state index in [9.17, 15) is 14.4 Å². The Morgan fingerprint density at radius 3 is 2.57 bits per heavy atom. The molecule has 0 bridgehead atoms. The Balaban J connectivity index is 2.34. The molecule has 1 fully saturated rings. The van der Waals surface area contributed by atoms with Crippen LogP contribution in [0.3, 0.4) is 0 Å². The average Bonchev–Trinajstić information content (AvgIpc) is 2.79. The standard InChI is InChI=1S/C16H21N3O4/c1-9(2)8-11(14(17)20)19-15(21)13(18-16(19)22)10-6-4-5-7-12(10)23-3/h4-7,9,11,13H,8H2,1-3H3,(H2,17,20)(H,18,22)/t11-,13?/m0/s1. The Labute approximate surface area is 134 Å². The maximum Gasteiger partial charge on any atom is 0.325 e. The zero-order valence-corrected chi connectivity index (χ0v) is 13.4. The highest BCUT2D eigenvalue weighted by atomic mass is 16.5.